The molecule has 0 amide bonds. The molecule has 0 spiro atoms. The van der Waals surface area contributed by atoms with E-state index < -0.39 is 0 Å². The molecule has 0 aliphatic heterocycles. The van der Waals surface area contributed by atoms with Crippen LogP contribution in [0, 0.1) is 6.92 Å². The van der Waals surface area contributed by atoms with Crippen LogP contribution >= 0.6 is 27.3 Å². The highest BCUT2D eigenvalue weighted by Gasteiger charge is 2.13. The minimum absolute atomic E-state index is 0.333. The van der Waals surface area contributed by atoms with Crippen molar-refractivity contribution in [3.05, 3.63) is 50.6 Å². The highest BCUT2D eigenvalue weighted by atomic mass is 79.9. The lowest BCUT2D eigenvalue weighted by atomic mass is 10.2. The number of halogens is 1. The Kier molecular flexibility index (Phi) is 5.43. The summed E-state index contributed by atoms with van der Waals surface area (Å²) in [6, 6.07) is 10.6. The highest BCUT2D eigenvalue weighted by molar-refractivity contribution is 9.10. The molecule has 0 saturated carbocycles. The summed E-state index contributed by atoms with van der Waals surface area (Å²) >= 11 is 5.35. The standard InChI is InChI=1S/C15H18BrNOS/c1-11-4-3-5-12(10-11)18-8-6-14(17-2)15-13(16)7-9-19-15/h3-5,7,9-10,14,17H,6,8H2,1-2H3. The number of hydrogen-bond acceptors (Lipinski definition) is 3. The van der Waals surface area contributed by atoms with Crippen molar-refractivity contribution >= 4 is 27.3 Å². The van der Waals surface area contributed by atoms with Crippen LogP contribution in [-0.4, -0.2) is 13.7 Å². The van der Waals surface area contributed by atoms with Crippen molar-refractivity contribution in [3.8, 4) is 5.75 Å². The fraction of sp³-hybridized carbons (Fsp3) is 0.333. The van der Waals surface area contributed by atoms with E-state index in [1.54, 1.807) is 11.3 Å². The molecular weight excluding hydrogens is 322 g/mol. The van der Waals surface area contributed by atoms with Gasteiger partial charge in [0.15, 0.2) is 0 Å². The average molecular weight is 340 g/mol. The molecule has 0 fully saturated rings. The minimum Gasteiger partial charge on any atom is -0.494 e. The van der Waals surface area contributed by atoms with Gasteiger partial charge < -0.3 is 10.1 Å². The molecule has 0 bridgehead atoms. The minimum atomic E-state index is 0.333. The molecule has 102 valence electrons. The third-order valence-corrected chi connectivity index (χ3v) is 4.96. The van der Waals surface area contributed by atoms with Crippen LogP contribution in [0.15, 0.2) is 40.2 Å². The summed E-state index contributed by atoms with van der Waals surface area (Å²) in [5, 5.41) is 5.45. The summed E-state index contributed by atoms with van der Waals surface area (Å²) in [6.45, 7) is 2.78. The average Bonchev–Trinajstić information content (AvgIpc) is 2.81. The first-order valence-corrected chi connectivity index (χ1v) is 7.97. The second-order valence-corrected chi connectivity index (χ2v) is 6.23. The second kappa shape index (κ2) is 7.08. The van der Waals surface area contributed by atoms with Gasteiger partial charge in [0.1, 0.15) is 5.75 Å². The molecule has 2 rings (SSSR count). The van der Waals surface area contributed by atoms with Crippen molar-refractivity contribution in [2.45, 2.75) is 19.4 Å². The zero-order valence-corrected chi connectivity index (χ0v) is 13.6. The zero-order valence-electron chi connectivity index (χ0n) is 11.2. The molecule has 2 nitrogen and oxygen atoms in total. The lowest BCUT2D eigenvalue weighted by Gasteiger charge is -2.16. The molecule has 2 aromatic rings. The lowest BCUT2D eigenvalue weighted by Crippen LogP contribution is -2.18. The SMILES string of the molecule is CNC(CCOc1cccc(C)c1)c1sccc1Br. The maximum absolute atomic E-state index is 5.81. The number of aryl methyl sites for hydroxylation is 1. The van der Waals surface area contributed by atoms with Crippen molar-refractivity contribution in [2.75, 3.05) is 13.7 Å². The molecule has 4 heteroatoms. The van der Waals surface area contributed by atoms with Crippen molar-refractivity contribution in [1.82, 2.24) is 5.32 Å². The third-order valence-electron chi connectivity index (χ3n) is 2.97. The van der Waals surface area contributed by atoms with E-state index in [4.69, 9.17) is 4.74 Å². The van der Waals surface area contributed by atoms with Gasteiger partial charge in [0, 0.05) is 21.8 Å². The molecular formula is C15H18BrNOS. The number of rotatable bonds is 6. The fourth-order valence-electron chi connectivity index (χ4n) is 1.96. The molecule has 1 aromatic carbocycles. The quantitative estimate of drug-likeness (QED) is 0.833. The van der Waals surface area contributed by atoms with E-state index in [0.717, 1.165) is 12.2 Å². The molecule has 1 N–H and O–H groups in total. The molecule has 0 aliphatic rings. The Hall–Kier alpha value is -0.840. The van der Waals surface area contributed by atoms with Crippen LogP contribution < -0.4 is 10.1 Å². The summed E-state index contributed by atoms with van der Waals surface area (Å²) in [4.78, 5) is 1.33. The van der Waals surface area contributed by atoms with Crippen LogP contribution in [0.1, 0.15) is 22.9 Å². The maximum atomic E-state index is 5.81. The topological polar surface area (TPSA) is 21.3 Å². The molecule has 0 saturated heterocycles. The van der Waals surface area contributed by atoms with Gasteiger partial charge in [0.2, 0.25) is 0 Å². The number of nitrogens with one attached hydrogen (secondary N) is 1. The van der Waals surface area contributed by atoms with Crippen molar-refractivity contribution < 1.29 is 4.74 Å². The molecule has 19 heavy (non-hydrogen) atoms. The first kappa shape index (κ1) is 14.6. The number of benzene rings is 1. The van der Waals surface area contributed by atoms with Crippen LogP contribution in [0.25, 0.3) is 0 Å². The maximum Gasteiger partial charge on any atom is 0.119 e. The number of hydrogen-bond donors (Lipinski definition) is 1. The van der Waals surface area contributed by atoms with Gasteiger partial charge in [-0.15, -0.1) is 11.3 Å². The van der Waals surface area contributed by atoms with E-state index in [2.05, 4.69) is 51.7 Å². The largest absolute Gasteiger partial charge is 0.494 e. The molecule has 1 heterocycles. The van der Waals surface area contributed by atoms with Gasteiger partial charge in [-0.05, 0) is 59.0 Å². The van der Waals surface area contributed by atoms with E-state index >= 15 is 0 Å². The Bertz CT molecular complexity index is 526. The van der Waals surface area contributed by atoms with E-state index in [-0.39, 0.29) is 0 Å². The van der Waals surface area contributed by atoms with Crippen molar-refractivity contribution in [1.29, 1.82) is 0 Å². The van der Waals surface area contributed by atoms with Gasteiger partial charge in [0.05, 0.1) is 6.61 Å². The van der Waals surface area contributed by atoms with Gasteiger partial charge in [-0.3, -0.25) is 0 Å². The van der Waals surface area contributed by atoms with Gasteiger partial charge in [-0.2, -0.15) is 0 Å². The van der Waals surface area contributed by atoms with Gasteiger partial charge in [-0.1, -0.05) is 12.1 Å². The molecule has 0 aliphatic carbocycles. The van der Waals surface area contributed by atoms with Crippen molar-refractivity contribution in [3.63, 3.8) is 0 Å². The normalized spacial score (nSPS) is 12.4. The smallest absolute Gasteiger partial charge is 0.119 e. The summed E-state index contributed by atoms with van der Waals surface area (Å²) < 4.78 is 6.98. The second-order valence-electron chi connectivity index (χ2n) is 4.43. The highest BCUT2D eigenvalue weighted by Crippen LogP contribution is 2.30. The monoisotopic (exact) mass is 339 g/mol. The Morgan fingerprint density at radius 3 is 2.84 bits per heavy atom. The summed E-state index contributed by atoms with van der Waals surface area (Å²) in [6.07, 6.45) is 0.948. The van der Waals surface area contributed by atoms with E-state index in [1.165, 1.54) is 14.9 Å². The van der Waals surface area contributed by atoms with Crippen LogP contribution in [0.5, 0.6) is 5.75 Å². The Labute approximate surface area is 126 Å². The molecule has 1 atom stereocenters. The van der Waals surface area contributed by atoms with Gasteiger partial charge >= 0.3 is 0 Å². The van der Waals surface area contributed by atoms with Gasteiger partial charge in [0.25, 0.3) is 0 Å². The van der Waals surface area contributed by atoms with E-state index in [1.807, 2.05) is 19.2 Å². The zero-order chi connectivity index (χ0) is 13.7. The first-order valence-electron chi connectivity index (χ1n) is 6.30. The lowest BCUT2D eigenvalue weighted by molar-refractivity contribution is 0.291. The van der Waals surface area contributed by atoms with Crippen LogP contribution in [0.3, 0.4) is 0 Å². The fourth-order valence-corrected chi connectivity index (χ4v) is 3.76. The van der Waals surface area contributed by atoms with E-state index in [9.17, 15) is 0 Å². The molecule has 1 unspecified atom stereocenters. The molecule has 1 aromatic heterocycles. The molecule has 0 radical (unpaired) electrons. The van der Waals surface area contributed by atoms with Crippen LogP contribution in [-0.2, 0) is 0 Å². The van der Waals surface area contributed by atoms with Crippen LogP contribution in [0.2, 0.25) is 0 Å². The summed E-state index contributed by atoms with van der Waals surface area (Å²) in [5.74, 6) is 0.945. The van der Waals surface area contributed by atoms with Crippen molar-refractivity contribution in [2.24, 2.45) is 0 Å². The number of ether oxygens (including phenoxy) is 1. The predicted octanol–water partition coefficient (Wildman–Crippen LogP) is 4.55. The Balaban J connectivity index is 1.89. The van der Waals surface area contributed by atoms with E-state index in [0.29, 0.717) is 12.6 Å². The number of thiophene rings is 1. The Morgan fingerprint density at radius 1 is 1.37 bits per heavy atom. The summed E-state index contributed by atoms with van der Waals surface area (Å²) in [5.41, 5.74) is 1.23. The first-order chi connectivity index (χ1) is 9.20. The predicted molar refractivity (Wildman–Crippen MR) is 85.1 cm³/mol. The van der Waals surface area contributed by atoms with Gasteiger partial charge in [-0.25, -0.2) is 0 Å². The third kappa shape index (κ3) is 4.06. The Morgan fingerprint density at radius 2 is 2.21 bits per heavy atom. The summed E-state index contributed by atoms with van der Waals surface area (Å²) in [7, 11) is 1.99. The van der Waals surface area contributed by atoms with Crippen LogP contribution in [0.4, 0.5) is 0 Å².